The van der Waals surface area contributed by atoms with E-state index in [1.807, 2.05) is 24.3 Å². The summed E-state index contributed by atoms with van der Waals surface area (Å²) < 4.78 is 5.11. The number of carbonyl (C=O) groups is 1. The maximum absolute atomic E-state index is 12.1. The molecule has 0 spiro atoms. The van der Waals surface area contributed by atoms with Crippen LogP contribution in [0.1, 0.15) is 45.8 Å². The van der Waals surface area contributed by atoms with Gasteiger partial charge in [0.25, 0.3) is 11.5 Å². The van der Waals surface area contributed by atoms with Gasteiger partial charge in [-0.1, -0.05) is 12.1 Å². The quantitative estimate of drug-likeness (QED) is 0.758. The van der Waals surface area contributed by atoms with Gasteiger partial charge >= 0.3 is 0 Å². The number of furan rings is 1. The van der Waals surface area contributed by atoms with Crippen molar-refractivity contribution in [3.05, 3.63) is 81.2 Å². The molecule has 2 N–H and O–H groups in total. The zero-order valence-corrected chi connectivity index (χ0v) is 14.2. The van der Waals surface area contributed by atoms with Crippen LogP contribution in [0.2, 0.25) is 0 Å². The van der Waals surface area contributed by atoms with Gasteiger partial charge in [-0.25, -0.2) is 5.10 Å². The van der Waals surface area contributed by atoms with Gasteiger partial charge < -0.3 is 9.73 Å². The molecule has 0 atom stereocenters. The Labute approximate surface area is 150 Å². The van der Waals surface area contributed by atoms with Gasteiger partial charge in [-0.05, 0) is 61.1 Å². The van der Waals surface area contributed by atoms with E-state index in [1.165, 1.54) is 6.26 Å². The van der Waals surface area contributed by atoms with Gasteiger partial charge in [-0.15, -0.1) is 0 Å². The largest absolute Gasteiger partial charge is 0.459 e. The van der Waals surface area contributed by atoms with Gasteiger partial charge in [0, 0.05) is 17.7 Å². The first kappa shape index (κ1) is 16.3. The number of aromatic amines is 1. The summed E-state index contributed by atoms with van der Waals surface area (Å²) in [5, 5.41) is 9.74. The Hall–Kier alpha value is -3.15. The highest BCUT2D eigenvalue weighted by atomic mass is 16.3. The number of aromatic nitrogens is 2. The van der Waals surface area contributed by atoms with Gasteiger partial charge in [0.2, 0.25) is 0 Å². The van der Waals surface area contributed by atoms with Crippen LogP contribution in [0.15, 0.2) is 51.9 Å². The lowest BCUT2D eigenvalue weighted by Gasteiger charge is -2.17. The third kappa shape index (κ3) is 3.31. The van der Waals surface area contributed by atoms with Crippen LogP contribution in [0.25, 0.3) is 0 Å². The van der Waals surface area contributed by atoms with E-state index < -0.39 is 0 Å². The molecule has 0 unspecified atom stereocenters. The Bertz CT molecular complexity index is 990. The number of hydrogen-bond donors (Lipinski definition) is 2. The molecule has 0 radical (unpaired) electrons. The molecule has 6 heteroatoms. The standard InChI is InChI=1S/C20H19N3O3/c24-19-16-8-2-1-7-15(16)17(22-23-19)12-13-5-3-6-14(11-13)21-20(25)18-9-4-10-26-18/h3-6,9-11H,1-2,7-8,12H2,(H,21,25)(H,23,24). The van der Waals surface area contributed by atoms with Crippen molar-refractivity contribution in [2.45, 2.75) is 32.1 Å². The number of hydrogen-bond acceptors (Lipinski definition) is 4. The first-order valence-corrected chi connectivity index (χ1v) is 8.74. The van der Waals surface area contributed by atoms with Crippen LogP contribution < -0.4 is 10.9 Å². The van der Waals surface area contributed by atoms with E-state index in [2.05, 4.69) is 15.5 Å². The summed E-state index contributed by atoms with van der Waals surface area (Å²) in [5.74, 6) is -0.0153. The molecule has 2 heterocycles. The molecule has 0 bridgehead atoms. The van der Waals surface area contributed by atoms with Gasteiger partial charge in [-0.2, -0.15) is 5.10 Å². The molecule has 2 aromatic heterocycles. The van der Waals surface area contributed by atoms with Crippen molar-refractivity contribution in [3.8, 4) is 0 Å². The number of amides is 1. The minimum absolute atomic E-state index is 0.0667. The lowest BCUT2D eigenvalue weighted by molar-refractivity contribution is 0.0996. The molecule has 1 aliphatic rings. The van der Waals surface area contributed by atoms with Crippen LogP contribution in [-0.2, 0) is 19.3 Å². The monoisotopic (exact) mass is 349 g/mol. The maximum atomic E-state index is 12.1. The molecule has 0 fully saturated rings. The van der Waals surface area contributed by atoms with Gasteiger partial charge in [-0.3, -0.25) is 9.59 Å². The van der Waals surface area contributed by atoms with Gasteiger partial charge in [0.1, 0.15) is 0 Å². The van der Waals surface area contributed by atoms with Gasteiger partial charge in [0.05, 0.1) is 12.0 Å². The molecular formula is C20H19N3O3. The van der Waals surface area contributed by atoms with Crippen molar-refractivity contribution in [1.29, 1.82) is 0 Å². The normalized spacial score (nSPS) is 13.2. The van der Waals surface area contributed by atoms with E-state index in [4.69, 9.17) is 4.42 Å². The zero-order chi connectivity index (χ0) is 17.9. The minimum Gasteiger partial charge on any atom is -0.459 e. The van der Waals surface area contributed by atoms with Crippen molar-refractivity contribution in [2.75, 3.05) is 5.32 Å². The number of fused-ring (bicyclic) bond motifs is 1. The Morgan fingerprint density at radius 3 is 2.81 bits per heavy atom. The topological polar surface area (TPSA) is 88.0 Å². The lowest BCUT2D eigenvalue weighted by Crippen LogP contribution is -2.23. The smallest absolute Gasteiger partial charge is 0.291 e. The van der Waals surface area contributed by atoms with Crippen molar-refractivity contribution < 1.29 is 9.21 Å². The summed E-state index contributed by atoms with van der Waals surface area (Å²) >= 11 is 0. The number of carbonyl (C=O) groups excluding carboxylic acids is 1. The van der Waals surface area contributed by atoms with Crippen molar-refractivity contribution in [1.82, 2.24) is 10.2 Å². The number of nitrogens with one attached hydrogen (secondary N) is 2. The predicted molar refractivity (Wildman–Crippen MR) is 97.4 cm³/mol. The van der Waals surface area contributed by atoms with Crippen LogP contribution >= 0.6 is 0 Å². The molecule has 0 aliphatic heterocycles. The van der Waals surface area contributed by atoms with E-state index in [1.54, 1.807) is 12.1 Å². The fraction of sp³-hybridized carbons (Fsp3) is 0.250. The molecule has 0 saturated carbocycles. The van der Waals surface area contributed by atoms with Crippen LogP contribution in [0, 0.1) is 0 Å². The highest BCUT2D eigenvalue weighted by Crippen LogP contribution is 2.23. The fourth-order valence-electron chi connectivity index (χ4n) is 3.43. The Morgan fingerprint density at radius 2 is 2.00 bits per heavy atom. The van der Waals surface area contributed by atoms with E-state index in [0.29, 0.717) is 12.1 Å². The highest BCUT2D eigenvalue weighted by molar-refractivity contribution is 6.02. The van der Waals surface area contributed by atoms with Crippen LogP contribution in [-0.4, -0.2) is 16.1 Å². The van der Waals surface area contributed by atoms with E-state index >= 15 is 0 Å². The highest BCUT2D eigenvalue weighted by Gasteiger charge is 2.18. The Kier molecular flexibility index (Phi) is 4.39. The Morgan fingerprint density at radius 1 is 1.15 bits per heavy atom. The molecule has 26 heavy (non-hydrogen) atoms. The first-order chi connectivity index (χ1) is 12.7. The summed E-state index contributed by atoms with van der Waals surface area (Å²) in [6, 6.07) is 10.9. The summed E-state index contributed by atoms with van der Waals surface area (Å²) in [6.07, 6.45) is 5.94. The third-order valence-corrected chi connectivity index (χ3v) is 4.68. The molecule has 1 aliphatic carbocycles. The van der Waals surface area contributed by atoms with E-state index in [-0.39, 0.29) is 17.2 Å². The molecule has 1 amide bonds. The molecule has 0 saturated heterocycles. The molecule has 4 rings (SSSR count). The second-order valence-corrected chi connectivity index (χ2v) is 6.47. The average Bonchev–Trinajstić information content (AvgIpc) is 3.20. The van der Waals surface area contributed by atoms with Crippen LogP contribution in [0.5, 0.6) is 0 Å². The van der Waals surface area contributed by atoms with E-state index in [9.17, 15) is 9.59 Å². The summed E-state index contributed by atoms with van der Waals surface area (Å²) in [4.78, 5) is 24.1. The second kappa shape index (κ2) is 7.00. The first-order valence-electron chi connectivity index (χ1n) is 8.74. The number of rotatable bonds is 4. The van der Waals surface area contributed by atoms with Crippen molar-refractivity contribution >= 4 is 11.6 Å². The zero-order valence-electron chi connectivity index (χ0n) is 14.2. The molecule has 3 aromatic rings. The van der Waals surface area contributed by atoms with Gasteiger partial charge in [0.15, 0.2) is 5.76 Å². The predicted octanol–water partition coefficient (Wildman–Crippen LogP) is 3.08. The number of benzene rings is 1. The summed E-state index contributed by atoms with van der Waals surface area (Å²) in [5.41, 5.74) is 4.53. The minimum atomic E-state index is -0.285. The van der Waals surface area contributed by atoms with Crippen LogP contribution in [0.4, 0.5) is 5.69 Å². The number of nitrogens with zero attached hydrogens (tertiary/aromatic N) is 1. The van der Waals surface area contributed by atoms with Crippen LogP contribution in [0.3, 0.4) is 0 Å². The molecule has 132 valence electrons. The maximum Gasteiger partial charge on any atom is 0.291 e. The fourth-order valence-corrected chi connectivity index (χ4v) is 3.43. The second-order valence-electron chi connectivity index (χ2n) is 6.47. The molecular weight excluding hydrogens is 330 g/mol. The van der Waals surface area contributed by atoms with Crippen molar-refractivity contribution in [3.63, 3.8) is 0 Å². The van der Waals surface area contributed by atoms with E-state index in [0.717, 1.165) is 48.1 Å². The lowest BCUT2D eigenvalue weighted by atomic mass is 9.90. The number of anilines is 1. The number of H-pyrrole nitrogens is 1. The molecule has 1 aromatic carbocycles. The summed E-state index contributed by atoms with van der Waals surface area (Å²) in [6.45, 7) is 0. The Balaban J connectivity index is 1.56. The SMILES string of the molecule is O=C(Nc1cccc(Cc2n[nH]c(=O)c3c2CCCC3)c1)c1ccco1. The average molecular weight is 349 g/mol. The van der Waals surface area contributed by atoms with Crippen molar-refractivity contribution in [2.24, 2.45) is 0 Å². The summed E-state index contributed by atoms with van der Waals surface area (Å²) in [7, 11) is 0. The third-order valence-electron chi connectivity index (χ3n) is 4.68. The molecule has 6 nitrogen and oxygen atoms in total.